The molecule has 0 spiro atoms. The molecule has 4 nitrogen and oxygen atoms in total. The first-order valence-electron chi connectivity index (χ1n) is 7.72. The number of aryl methyl sites for hydroxylation is 2. The summed E-state index contributed by atoms with van der Waals surface area (Å²) in [6.45, 7) is 2.54. The fourth-order valence-electron chi connectivity index (χ4n) is 2.82. The van der Waals surface area contributed by atoms with Gasteiger partial charge in [-0.05, 0) is 31.4 Å². The molecule has 0 radical (unpaired) electrons. The third-order valence-corrected chi connectivity index (χ3v) is 4.89. The van der Waals surface area contributed by atoms with Gasteiger partial charge in [0.2, 0.25) is 5.91 Å². The van der Waals surface area contributed by atoms with E-state index in [1.54, 1.807) is 17.8 Å². The maximum absolute atomic E-state index is 12.1. The van der Waals surface area contributed by atoms with Crippen molar-refractivity contribution in [3.63, 3.8) is 0 Å². The first-order valence-corrected chi connectivity index (χ1v) is 8.10. The van der Waals surface area contributed by atoms with E-state index in [1.807, 2.05) is 25.1 Å². The van der Waals surface area contributed by atoms with Crippen LogP contribution in [0.25, 0.3) is 6.08 Å². The van der Waals surface area contributed by atoms with Gasteiger partial charge >= 0.3 is 0 Å². The maximum atomic E-state index is 12.1. The van der Waals surface area contributed by atoms with Crippen molar-refractivity contribution >= 4 is 23.6 Å². The number of carbonyl (C=O) groups excluding carboxylic acids is 1. The molecule has 0 bridgehead atoms. The van der Waals surface area contributed by atoms with Crippen LogP contribution in [0.15, 0.2) is 36.4 Å². The van der Waals surface area contributed by atoms with Gasteiger partial charge in [-0.25, -0.2) is 0 Å². The number of nitrogens with zero attached hydrogens (tertiary/aromatic N) is 2. The molecule has 1 aromatic carbocycles. The fourth-order valence-corrected chi connectivity index (χ4v) is 3.06. The minimum absolute atomic E-state index is 0.105. The third-order valence-electron chi connectivity index (χ3n) is 4.44. The van der Waals surface area contributed by atoms with Crippen LogP contribution in [0.5, 0.6) is 0 Å². The maximum Gasteiger partial charge on any atom is 0.244 e. The van der Waals surface area contributed by atoms with Crippen molar-refractivity contribution < 1.29 is 4.79 Å². The molecular weight excluding hydrogens is 310 g/mol. The Hall–Kier alpha value is -2.07. The van der Waals surface area contributed by atoms with Crippen LogP contribution in [0, 0.1) is 6.92 Å². The number of carbonyl (C=O) groups is 1. The van der Waals surface area contributed by atoms with Crippen LogP contribution in [0.4, 0.5) is 0 Å². The Kier molecular flexibility index (Phi) is 4.26. The Balaban J connectivity index is 1.61. The monoisotopic (exact) mass is 329 g/mol. The molecule has 0 unspecified atom stereocenters. The van der Waals surface area contributed by atoms with Crippen LogP contribution in [0.1, 0.15) is 29.7 Å². The highest BCUT2D eigenvalue weighted by molar-refractivity contribution is 6.31. The molecule has 1 aromatic heterocycles. The van der Waals surface area contributed by atoms with Crippen LogP contribution in [0.3, 0.4) is 0 Å². The summed E-state index contributed by atoms with van der Waals surface area (Å²) in [7, 11) is 1.78. The molecule has 0 atom stereocenters. The molecule has 23 heavy (non-hydrogen) atoms. The van der Waals surface area contributed by atoms with E-state index in [1.165, 1.54) is 11.6 Å². The molecule has 5 heteroatoms. The SMILES string of the molecule is Cc1nn(C)c(Cl)c1/C=C/C(=O)NCC1(c2ccccc2)CC1. The Morgan fingerprint density at radius 1 is 1.39 bits per heavy atom. The smallest absolute Gasteiger partial charge is 0.244 e. The largest absolute Gasteiger partial charge is 0.352 e. The van der Waals surface area contributed by atoms with E-state index in [2.05, 4.69) is 22.5 Å². The highest BCUT2D eigenvalue weighted by atomic mass is 35.5. The Bertz CT molecular complexity index is 745. The zero-order chi connectivity index (χ0) is 16.4. The molecule has 120 valence electrons. The predicted molar refractivity (Wildman–Crippen MR) is 92.4 cm³/mol. The summed E-state index contributed by atoms with van der Waals surface area (Å²) < 4.78 is 1.60. The lowest BCUT2D eigenvalue weighted by Gasteiger charge is -2.15. The molecule has 1 amide bonds. The van der Waals surface area contributed by atoms with Crippen molar-refractivity contribution in [2.45, 2.75) is 25.2 Å². The third kappa shape index (κ3) is 3.32. The number of hydrogen-bond acceptors (Lipinski definition) is 2. The van der Waals surface area contributed by atoms with Crippen molar-refractivity contribution in [1.82, 2.24) is 15.1 Å². The molecule has 1 aliphatic rings. The van der Waals surface area contributed by atoms with Crippen LogP contribution >= 0.6 is 11.6 Å². The lowest BCUT2D eigenvalue weighted by molar-refractivity contribution is -0.116. The average molecular weight is 330 g/mol. The summed E-state index contributed by atoms with van der Waals surface area (Å²) in [6.07, 6.45) is 5.49. The van der Waals surface area contributed by atoms with Crippen molar-refractivity contribution in [3.8, 4) is 0 Å². The normalized spacial score (nSPS) is 15.8. The summed E-state index contributed by atoms with van der Waals surface area (Å²) in [5.74, 6) is -0.105. The first kappa shape index (κ1) is 15.8. The van der Waals surface area contributed by atoms with Gasteiger partial charge in [0.25, 0.3) is 0 Å². The molecule has 1 saturated carbocycles. The molecule has 3 rings (SSSR count). The van der Waals surface area contributed by atoms with Crippen molar-refractivity contribution in [2.24, 2.45) is 7.05 Å². The topological polar surface area (TPSA) is 46.9 Å². The van der Waals surface area contributed by atoms with Gasteiger partial charge in [0.1, 0.15) is 5.15 Å². The van der Waals surface area contributed by atoms with E-state index in [0.29, 0.717) is 11.7 Å². The van der Waals surface area contributed by atoms with Crippen LogP contribution in [-0.2, 0) is 17.3 Å². The lowest BCUT2D eigenvalue weighted by Crippen LogP contribution is -2.30. The highest BCUT2D eigenvalue weighted by Crippen LogP contribution is 2.47. The Morgan fingerprint density at radius 2 is 2.09 bits per heavy atom. The Labute approximate surface area is 141 Å². The van der Waals surface area contributed by atoms with E-state index < -0.39 is 0 Å². The van der Waals surface area contributed by atoms with Crippen molar-refractivity contribution in [3.05, 3.63) is 58.4 Å². The summed E-state index contributed by atoms with van der Waals surface area (Å²) in [5, 5.41) is 7.77. The molecule has 0 aliphatic heterocycles. The highest BCUT2D eigenvalue weighted by Gasteiger charge is 2.44. The standard InChI is InChI=1S/C18H20ClN3O/c1-13-15(17(19)22(2)21-13)8-9-16(23)20-12-18(10-11-18)14-6-4-3-5-7-14/h3-9H,10-12H2,1-2H3,(H,20,23)/b9-8+. The second-order valence-electron chi connectivity index (χ2n) is 6.11. The van der Waals surface area contributed by atoms with Crippen LogP contribution in [-0.4, -0.2) is 22.2 Å². The number of benzene rings is 1. The zero-order valence-corrected chi connectivity index (χ0v) is 14.1. The van der Waals surface area contributed by atoms with Crippen LogP contribution < -0.4 is 5.32 Å². The van der Waals surface area contributed by atoms with E-state index in [9.17, 15) is 4.79 Å². The second-order valence-corrected chi connectivity index (χ2v) is 6.47. The summed E-state index contributed by atoms with van der Waals surface area (Å²) in [4.78, 5) is 12.1. The summed E-state index contributed by atoms with van der Waals surface area (Å²) in [5.41, 5.74) is 3.01. The number of nitrogens with one attached hydrogen (secondary N) is 1. The minimum Gasteiger partial charge on any atom is -0.352 e. The van der Waals surface area contributed by atoms with Crippen molar-refractivity contribution in [1.29, 1.82) is 0 Å². The van der Waals surface area contributed by atoms with Crippen molar-refractivity contribution in [2.75, 3.05) is 6.54 Å². The quantitative estimate of drug-likeness (QED) is 0.856. The molecule has 1 fully saturated rings. The predicted octanol–water partition coefficient (Wildman–Crippen LogP) is 3.24. The second kappa shape index (κ2) is 6.20. The first-order chi connectivity index (χ1) is 11.0. The van der Waals surface area contributed by atoms with Gasteiger partial charge in [-0.2, -0.15) is 5.10 Å². The number of aromatic nitrogens is 2. The number of rotatable bonds is 5. The average Bonchev–Trinajstić information content (AvgIpc) is 3.30. The van der Waals surface area contributed by atoms with Gasteiger partial charge in [0.15, 0.2) is 0 Å². The molecule has 1 aliphatic carbocycles. The van der Waals surface area contributed by atoms with E-state index in [0.717, 1.165) is 24.1 Å². The summed E-state index contributed by atoms with van der Waals surface area (Å²) >= 11 is 6.15. The van der Waals surface area contributed by atoms with E-state index in [-0.39, 0.29) is 11.3 Å². The summed E-state index contributed by atoms with van der Waals surface area (Å²) in [6, 6.07) is 10.4. The minimum atomic E-state index is -0.105. The molecule has 2 aromatic rings. The van der Waals surface area contributed by atoms with Gasteiger partial charge < -0.3 is 5.32 Å². The van der Waals surface area contributed by atoms with Gasteiger partial charge in [0.05, 0.1) is 5.69 Å². The van der Waals surface area contributed by atoms with E-state index in [4.69, 9.17) is 11.6 Å². The lowest BCUT2D eigenvalue weighted by atomic mass is 9.96. The van der Waals surface area contributed by atoms with Crippen LogP contribution in [0.2, 0.25) is 5.15 Å². The van der Waals surface area contributed by atoms with Gasteiger partial charge in [-0.15, -0.1) is 0 Å². The molecule has 0 saturated heterocycles. The van der Waals surface area contributed by atoms with E-state index >= 15 is 0 Å². The molecule has 1 N–H and O–H groups in total. The fraction of sp³-hybridized carbons (Fsp3) is 0.333. The van der Waals surface area contributed by atoms with Gasteiger partial charge in [-0.3, -0.25) is 9.48 Å². The number of amides is 1. The molecule has 1 heterocycles. The number of hydrogen-bond donors (Lipinski definition) is 1. The molecular formula is C18H20ClN3O. The Morgan fingerprint density at radius 3 is 2.65 bits per heavy atom. The van der Waals surface area contributed by atoms with Gasteiger partial charge in [0, 0.05) is 30.6 Å². The zero-order valence-electron chi connectivity index (χ0n) is 13.3. The number of halogens is 1. The van der Waals surface area contributed by atoms with Gasteiger partial charge in [-0.1, -0.05) is 41.9 Å².